The zero-order chi connectivity index (χ0) is 19.7. The lowest BCUT2D eigenvalue weighted by Crippen LogP contribution is -2.15. The van der Waals surface area contributed by atoms with Crippen molar-refractivity contribution in [2.75, 3.05) is 0 Å². The molecule has 0 saturated heterocycles. The van der Waals surface area contributed by atoms with E-state index in [1.54, 1.807) is 6.20 Å². The third-order valence-corrected chi connectivity index (χ3v) is 5.12. The first kappa shape index (κ1) is 19.4. The molecule has 2 heterocycles. The molecule has 0 atom stereocenters. The maximum Gasteiger partial charge on any atom is 0.213 e. The Kier molecular flexibility index (Phi) is 6.71. The number of nitrogens with one attached hydrogen (secondary N) is 1. The molecular formula is C24H27N3O2. The molecule has 1 fully saturated rings. The molecule has 5 heteroatoms. The first-order valence-corrected chi connectivity index (χ1v) is 10.3. The highest BCUT2D eigenvalue weighted by Crippen LogP contribution is 2.23. The summed E-state index contributed by atoms with van der Waals surface area (Å²) in [6, 6.07) is 16.1. The number of para-hydroxylation sites is 1. The lowest BCUT2D eigenvalue weighted by molar-refractivity contribution is 0.201. The molecule has 0 unspecified atom stereocenters. The van der Waals surface area contributed by atoms with Crippen molar-refractivity contribution in [1.82, 2.24) is 15.3 Å². The average Bonchev–Trinajstić information content (AvgIpc) is 3.27. The highest BCUT2D eigenvalue weighted by atomic mass is 16.5. The van der Waals surface area contributed by atoms with E-state index < -0.39 is 0 Å². The van der Waals surface area contributed by atoms with E-state index in [0.29, 0.717) is 12.7 Å². The fourth-order valence-electron chi connectivity index (χ4n) is 3.58. The number of pyridine rings is 2. The number of ether oxygens (including phenoxy) is 2. The number of aromatic nitrogens is 2. The van der Waals surface area contributed by atoms with Gasteiger partial charge in [-0.25, -0.2) is 4.98 Å². The van der Waals surface area contributed by atoms with E-state index >= 15 is 0 Å². The molecule has 0 aliphatic heterocycles. The van der Waals surface area contributed by atoms with Crippen molar-refractivity contribution in [2.24, 2.45) is 0 Å². The van der Waals surface area contributed by atoms with E-state index in [-0.39, 0.29) is 0 Å². The molecule has 0 radical (unpaired) electrons. The topological polar surface area (TPSA) is 56.3 Å². The Bertz CT molecular complexity index is 895. The van der Waals surface area contributed by atoms with Crippen LogP contribution in [-0.4, -0.2) is 16.1 Å². The van der Waals surface area contributed by atoms with Crippen LogP contribution in [0.25, 0.3) is 0 Å². The van der Waals surface area contributed by atoms with Gasteiger partial charge < -0.3 is 14.8 Å². The summed E-state index contributed by atoms with van der Waals surface area (Å²) in [5.74, 6) is 1.63. The lowest BCUT2D eigenvalue weighted by atomic mass is 10.2. The molecule has 2 aromatic heterocycles. The first-order valence-electron chi connectivity index (χ1n) is 10.3. The van der Waals surface area contributed by atoms with Crippen LogP contribution < -0.4 is 14.8 Å². The van der Waals surface area contributed by atoms with Gasteiger partial charge in [-0.05, 0) is 49.4 Å². The number of rotatable bonds is 9. The van der Waals surface area contributed by atoms with Crippen LogP contribution in [0.4, 0.5) is 0 Å². The van der Waals surface area contributed by atoms with Crippen molar-refractivity contribution < 1.29 is 9.47 Å². The molecule has 1 aliphatic carbocycles. The monoisotopic (exact) mass is 389 g/mol. The van der Waals surface area contributed by atoms with Gasteiger partial charge in [0.2, 0.25) is 5.88 Å². The van der Waals surface area contributed by atoms with E-state index in [1.165, 1.54) is 18.4 Å². The lowest BCUT2D eigenvalue weighted by Gasteiger charge is -2.14. The predicted octanol–water partition coefficient (Wildman–Crippen LogP) is 4.67. The van der Waals surface area contributed by atoms with Gasteiger partial charge in [0.1, 0.15) is 18.5 Å². The Balaban J connectivity index is 1.30. The van der Waals surface area contributed by atoms with Gasteiger partial charge in [0.05, 0.1) is 0 Å². The van der Waals surface area contributed by atoms with Crippen molar-refractivity contribution in [2.45, 2.75) is 51.5 Å². The molecule has 0 bridgehead atoms. The minimum atomic E-state index is 0.328. The minimum Gasteiger partial charge on any atom is -0.489 e. The molecule has 5 nitrogen and oxygen atoms in total. The highest BCUT2D eigenvalue weighted by Gasteiger charge is 2.17. The van der Waals surface area contributed by atoms with Crippen molar-refractivity contribution in [1.29, 1.82) is 0 Å². The summed E-state index contributed by atoms with van der Waals surface area (Å²) in [6.07, 6.45) is 10.5. The van der Waals surface area contributed by atoms with E-state index in [0.717, 1.165) is 48.7 Å². The Morgan fingerprint density at radius 2 is 1.83 bits per heavy atom. The molecule has 4 rings (SSSR count). The van der Waals surface area contributed by atoms with Crippen molar-refractivity contribution in [3.05, 3.63) is 83.8 Å². The number of hydrogen-bond acceptors (Lipinski definition) is 5. The maximum absolute atomic E-state index is 6.01. The SMILES string of the molecule is c1cncc(COc2ccccc2CNCc2ccnc(OC3CCCC3)c2)c1. The normalized spacial score (nSPS) is 14.1. The molecule has 29 heavy (non-hydrogen) atoms. The summed E-state index contributed by atoms with van der Waals surface area (Å²) < 4.78 is 12.0. The van der Waals surface area contributed by atoms with E-state index in [2.05, 4.69) is 21.4 Å². The molecule has 3 aromatic rings. The van der Waals surface area contributed by atoms with Crippen LogP contribution >= 0.6 is 0 Å². The molecule has 1 aromatic carbocycles. The second kappa shape index (κ2) is 10.0. The Morgan fingerprint density at radius 1 is 0.931 bits per heavy atom. The molecule has 0 amide bonds. The van der Waals surface area contributed by atoms with E-state index in [1.807, 2.05) is 54.9 Å². The summed E-state index contributed by atoms with van der Waals surface area (Å²) in [5.41, 5.74) is 3.36. The molecule has 1 aliphatic rings. The Hall–Kier alpha value is -2.92. The van der Waals surface area contributed by atoms with Crippen molar-refractivity contribution in [3.63, 3.8) is 0 Å². The summed E-state index contributed by atoms with van der Waals surface area (Å²) in [5, 5.41) is 3.50. The summed E-state index contributed by atoms with van der Waals surface area (Å²) >= 11 is 0. The Labute approximate surface area is 172 Å². The van der Waals surface area contributed by atoms with Crippen molar-refractivity contribution in [3.8, 4) is 11.6 Å². The van der Waals surface area contributed by atoms with Gasteiger partial charge in [0, 0.05) is 48.9 Å². The predicted molar refractivity (Wildman–Crippen MR) is 113 cm³/mol. The van der Waals surface area contributed by atoms with Gasteiger partial charge in [-0.2, -0.15) is 0 Å². The fraction of sp³-hybridized carbons (Fsp3) is 0.333. The van der Waals surface area contributed by atoms with Gasteiger partial charge in [0.15, 0.2) is 0 Å². The van der Waals surface area contributed by atoms with Crippen LogP contribution in [0.5, 0.6) is 11.6 Å². The Morgan fingerprint density at radius 3 is 2.69 bits per heavy atom. The number of nitrogens with zero attached hydrogens (tertiary/aromatic N) is 2. The molecule has 0 spiro atoms. The standard InChI is InChI=1S/C24H27N3O2/c1-4-10-23(28-18-20-6-5-12-25-16-20)21(7-1)17-26-15-19-11-13-27-24(14-19)29-22-8-2-3-9-22/h1,4-7,10-14,16,22,26H,2-3,8-9,15,17-18H2. The van der Waals surface area contributed by atoms with Crippen LogP contribution in [-0.2, 0) is 19.7 Å². The quantitative estimate of drug-likeness (QED) is 0.576. The minimum absolute atomic E-state index is 0.328. The van der Waals surface area contributed by atoms with Crippen LogP contribution in [0.1, 0.15) is 42.4 Å². The molecule has 1 N–H and O–H groups in total. The third-order valence-electron chi connectivity index (χ3n) is 5.12. The molecule has 1 saturated carbocycles. The average molecular weight is 389 g/mol. The van der Waals surface area contributed by atoms with Crippen LogP contribution in [0.2, 0.25) is 0 Å². The summed E-state index contributed by atoms with van der Waals surface area (Å²) in [6.45, 7) is 1.99. The fourth-order valence-corrected chi connectivity index (χ4v) is 3.58. The van der Waals surface area contributed by atoms with Crippen molar-refractivity contribution >= 4 is 0 Å². The molecular weight excluding hydrogens is 362 g/mol. The highest BCUT2D eigenvalue weighted by molar-refractivity contribution is 5.33. The molecule has 150 valence electrons. The van der Waals surface area contributed by atoms with E-state index in [9.17, 15) is 0 Å². The summed E-state index contributed by atoms with van der Waals surface area (Å²) in [7, 11) is 0. The van der Waals surface area contributed by atoms with Gasteiger partial charge in [-0.1, -0.05) is 24.3 Å². The number of benzene rings is 1. The maximum atomic E-state index is 6.01. The van der Waals surface area contributed by atoms with Crippen LogP contribution in [0.3, 0.4) is 0 Å². The van der Waals surface area contributed by atoms with Crippen LogP contribution in [0.15, 0.2) is 67.1 Å². The van der Waals surface area contributed by atoms with Gasteiger partial charge >= 0.3 is 0 Å². The third kappa shape index (κ3) is 5.78. The smallest absolute Gasteiger partial charge is 0.213 e. The zero-order valence-corrected chi connectivity index (χ0v) is 16.6. The second-order valence-electron chi connectivity index (χ2n) is 7.39. The van der Waals surface area contributed by atoms with E-state index in [4.69, 9.17) is 9.47 Å². The zero-order valence-electron chi connectivity index (χ0n) is 16.6. The summed E-state index contributed by atoms with van der Waals surface area (Å²) in [4.78, 5) is 8.50. The van der Waals surface area contributed by atoms with Gasteiger partial charge in [0.25, 0.3) is 0 Å². The van der Waals surface area contributed by atoms with Crippen LogP contribution in [0, 0.1) is 0 Å². The van der Waals surface area contributed by atoms with Gasteiger partial charge in [-0.15, -0.1) is 0 Å². The first-order chi connectivity index (χ1) is 14.4. The van der Waals surface area contributed by atoms with Gasteiger partial charge in [-0.3, -0.25) is 4.98 Å². The largest absolute Gasteiger partial charge is 0.489 e. The number of hydrogen-bond donors (Lipinski definition) is 1. The second-order valence-corrected chi connectivity index (χ2v) is 7.39.